The smallest absolute Gasteiger partial charge is 0.262 e. The van der Waals surface area contributed by atoms with E-state index in [1.54, 1.807) is 6.07 Å². The molecule has 0 saturated carbocycles. The highest BCUT2D eigenvalue weighted by Gasteiger charge is 2.45. The van der Waals surface area contributed by atoms with Crippen molar-refractivity contribution in [3.63, 3.8) is 0 Å². The highest BCUT2D eigenvalue weighted by molar-refractivity contribution is 6.23. The number of fused-ring (bicyclic) bond motifs is 2. The molecule has 4 amide bonds. The van der Waals surface area contributed by atoms with Crippen LogP contribution in [-0.4, -0.2) is 127 Å². The number of piperidine rings is 4. The van der Waals surface area contributed by atoms with Crippen molar-refractivity contribution in [1.82, 2.24) is 44.7 Å². The van der Waals surface area contributed by atoms with Crippen LogP contribution in [0.1, 0.15) is 89.6 Å². The molecule has 15 heteroatoms. The Balaban J connectivity index is 0.710. The van der Waals surface area contributed by atoms with Gasteiger partial charge in [0.2, 0.25) is 11.8 Å². The van der Waals surface area contributed by atoms with Crippen LogP contribution in [0.3, 0.4) is 0 Å². The third kappa shape index (κ3) is 7.84. The Morgan fingerprint density at radius 1 is 0.726 bits per heavy atom. The highest BCUT2D eigenvalue weighted by Crippen LogP contribution is 2.37. The molecule has 0 radical (unpaired) electrons. The zero-order valence-corrected chi connectivity index (χ0v) is 34.8. The monoisotopic (exact) mass is 836 g/mol. The van der Waals surface area contributed by atoms with Crippen LogP contribution in [0.15, 0.2) is 79.1 Å². The van der Waals surface area contributed by atoms with E-state index in [0.717, 1.165) is 135 Å². The van der Waals surface area contributed by atoms with E-state index in [0.29, 0.717) is 28.9 Å². The Labute approximate surface area is 360 Å². The van der Waals surface area contributed by atoms with Crippen LogP contribution >= 0.6 is 0 Å². The lowest BCUT2D eigenvalue weighted by Gasteiger charge is -2.42. The number of imide groups is 2. The molecule has 2 atom stereocenters. The average Bonchev–Trinajstić information content (AvgIpc) is 3.81. The van der Waals surface area contributed by atoms with Gasteiger partial charge in [0.1, 0.15) is 35.4 Å². The molecule has 15 nitrogen and oxygen atoms in total. The van der Waals surface area contributed by atoms with E-state index < -0.39 is 23.8 Å². The summed E-state index contributed by atoms with van der Waals surface area (Å²) in [6.07, 6.45) is 8.19. The van der Waals surface area contributed by atoms with Crippen molar-refractivity contribution in [3.8, 4) is 22.8 Å². The summed E-state index contributed by atoms with van der Waals surface area (Å²) in [7, 11) is 0. The standard InChI is InChI=1S/C47H52N10O5/c48-43-41-42(31-8-11-36(12-9-31)62-35-6-2-1-3-7-35)52-57(44(41)50-29-49-43)34-5-4-20-55(28-34)33-18-23-54(24-19-33)26-25-53-21-16-30(17-22-53)32-10-13-37-38(27-32)47(61)56(46(37)60)39-14-15-40(58)51-45(39)59/h1-3,6-13,27,29-30,33-34,39H,4-5,14-26,28H2,(H2,48,49,50)(H,51,58,59)/t34-,39?/m1/s1. The van der Waals surface area contributed by atoms with E-state index in [2.05, 4.69) is 29.7 Å². The van der Waals surface area contributed by atoms with Gasteiger partial charge in [-0.15, -0.1) is 0 Å². The molecule has 3 aromatic carbocycles. The number of carbonyl (C=O) groups is 4. The van der Waals surface area contributed by atoms with Crippen molar-refractivity contribution in [1.29, 1.82) is 0 Å². The van der Waals surface area contributed by atoms with Crippen LogP contribution in [0.2, 0.25) is 0 Å². The molecular weight excluding hydrogens is 785 g/mol. The molecule has 62 heavy (non-hydrogen) atoms. The number of rotatable bonds is 10. The second-order valence-electron chi connectivity index (χ2n) is 17.4. The van der Waals surface area contributed by atoms with Gasteiger partial charge in [-0.2, -0.15) is 5.10 Å². The first-order chi connectivity index (χ1) is 30.3. The van der Waals surface area contributed by atoms with Crippen LogP contribution < -0.4 is 15.8 Å². The van der Waals surface area contributed by atoms with Crippen LogP contribution in [0, 0.1) is 0 Å². The molecule has 0 aliphatic carbocycles. The summed E-state index contributed by atoms with van der Waals surface area (Å²) in [5, 5.41) is 8.24. The van der Waals surface area contributed by atoms with Gasteiger partial charge < -0.3 is 20.3 Å². The molecule has 5 aromatic rings. The Morgan fingerprint density at radius 3 is 2.18 bits per heavy atom. The molecule has 320 valence electrons. The number of aromatic nitrogens is 4. The number of amides is 4. The fraction of sp³-hybridized carbons (Fsp3) is 0.426. The number of benzene rings is 3. The maximum absolute atomic E-state index is 13.4. The fourth-order valence-corrected chi connectivity index (χ4v) is 10.3. The topological polar surface area (TPSA) is 172 Å². The van der Waals surface area contributed by atoms with Crippen LogP contribution in [0.5, 0.6) is 11.5 Å². The van der Waals surface area contributed by atoms with Gasteiger partial charge in [0, 0.05) is 37.7 Å². The van der Waals surface area contributed by atoms with Gasteiger partial charge in [-0.05, 0) is 138 Å². The predicted molar refractivity (Wildman–Crippen MR) is 233 cm³/mol. The van der Waals surface area contributed by atoms with Gasteiger partial charge >= 0.3 is 0 Å². The Morgan fingerprint density at radius 2 is 1.44 bits per heavy atom. The Kier molecular flexibility index (Phi) is 11.0. The van der Waals surface area contributed by atoms with Gasteiger partial charge in [0.15, 0.2) is 5.65 Å². The quantitative estimate of drug-likeness (QED) is 0.176. The number of ether oxygens (including phenoxy) is 1. The van der Waals surface area contributed by atoms with Gasteiger partial charge in [-0.25, -0.2) is 14.6 Å². The molecule has 0 bridgehead atoms. The van der Waals surface area contributed by atoms with E-state index in [9.17, 15) is 19.2 Å². The van der Waals surface area contributed by atoms with Crippen molar-refractivity contribution < 1.29 is 23.9 Å². The van der Waals surface area contributed by atoms with Crippen LogP contribution in [-0.2, 0) is 9.59 Å². The lowest BCUT2D eigenvalue weighted by molar-refractivity contribution is -0.136. The average molecular weight is 837 g/mol. The number of anilines is 1. The van der Waals surface area contributed by atoms with E-state index in [-0.39, 0.29) is 24.8 Å². The molecule has 2 aromatic heterocycles. The number of nitrogen functional groups attached to an aromatic ring is 1. The van der Waals surface area contributed by atoms with Gasteiger partial charge in [-0.3, -0.25) is 34.3 Å². The normalized spacial score (nSPS) is 22.4. The highest BCUT2D eigenvalue weighted by atomic mass is 16.5. The summed E-state index contributed by atoms with van der Waals surface area (Å²) in [6, 6.07) is 23.0. The molecule has 3 N–H and O–H groups in total. The summed E-state index contributed by atoms with van der Waals surface area (Å²) in [5.74, 6) is 0.397. The van der Waals surface area contributed by atoms with Crippen molar-refractivity contribution in [2.24, 2.45) is 0 Å². The largest absolute Gasteiger partial charge is 0.457 e. The van der Waals surface area contributed by atoms with Crippen LogP contribution in [0.4, 0.5) is 5.82 Å². The van der Waals surface area contributed by atoms with Crippen molar-refractivity contribution in [3.05, 3.63) is 95.8 Å². The molecule has 10 rings (SSSR count). The summed E-state index contributed by atoms with van der Waals surface area (Å²) in [6.45, 7) is 8.24. The Hall–Kier alpha value is -6.03. The minimum atomic E-state index is -0.952. The van der Waals surface area contributed by atoms with E-state index in [1.807, 2.05) is 66.7 Å². The number of nitrogens with one attached hydrogen (secondary N) is 1. The first-order valence-electron chi connectivity index (χ1n) is 22.1. The number of para-hydroxylation sites is 1. The molecule has 5 aliphatic rings. The minimum Gasteiger partial charge on any atom is -0.457 e. The zero-order valence-electron chi connectivity index (χ0n) is 34.8. The molecule has 4 saturated heterocycles. The van der Waals surface area contributed by atoms with Crippen molar-refractivity contribution >= 4 is 40.5 Å². The summed E-state index contributed by atoms with van der Waals surface area (Å²) < 4.78 is 8.14. The second-order valence-corrected chi connectivity index (χ2v) is 17.4. The summed E-state index contributed by atoms with van der Waals surface area (Å²) in [4.78, 5) is 68.7. The summed E-state index contributed by atoms with van der Waals surface area (Å²) in [5.41, 5.74) is 10.8. The van der Waals surface area contributed by atoms with Gasteiger partial charge in [-0.1, -0.05) is 24.3 Å². The number of hydrogen-bond donors (Lipinski definition) is 2. The second kappa shape index (κ2) is 17.0. The number of nitrogens with zero attached hydrogens (tertiary/aromatic N) is 8. The first-order valence-corrected chi connectivity index (χ1v) is 22.1. The molecule has 5 aliphatic heterocycles. The fourth-order valence-electron chi connectivity index (χ4n) is 10.3. The Bertz CT molecular complexity index is 2490. The number of likely N-dealkylation sites (tertiary alicyclic amines) is 3. The lowest BCUT2D eigenvalue weighted by atomic mass is 9.88. The van der Waals surface area contributed by atoms with E-state index in [4.69, 9.17) is 20.6 Å². The molecule has 4 fully saturated rings. The predicted octanol–water partition coefficient (Wildman–Crippen LogP) is 5.25. The third-order valence-electron chi connectivity index (χ3n) is 13.7. The molecule has 1 unspecified atom stereocenters. The van der Waals surface area contributed by atoms with Gasteiger partial charge in [0.05, 0.1) is 22.6 Å². The maximum atomic E-state index is 13.4. The molecule has 0 spiro atoms. The van der Waals surface area contributed by atoms with E-state index >= 15 is 0 Å². The third-order valence-corrected chi connectivity index (χ3v) is 13.7. The number of hydrogen-bond acceptors (Lipinski definition) is 12. The lowest BCUT2D eigenvalue weighted by Crippen LogP contribution is -2.54. The molecule has 7 heterocycles. The van der Waals surface area contributed by atoms with Crippen LogP contribution in [0.25, 0.3) is 22.3 Å². The SMILES string of the molecule is Nc1ncnc2c1c(-c1ccc(Oc3ccccc3)cc1)nn2[C@@H]1CCCN(C2CCN(CCN3CCC(c4ccc5c(c4)C(=O)N(C4CCC(=O)NC4=O)C5=O)CC3)CC2)C1. The number of nitrogens with two attached hydrogens (primary N) is 1. The van der Waals surface area contributed by atoms with Crippen molar-refractivity contribution in [2.75, 3.05) is 58.1 Å². The zero-order chi connectivity index (χ0) is 42.3. The molecular formula is C47H52N10O5. The maximum Gasteiger partial charge on any atom is 0.262 e. The van der Waals surface area contributed by atoms with Gasteiger partial charge in [0.25, 0.3) is 11.8 Å². The van der Waals surface area contributed by atoms with Crippen molar-refractivity contribution in [2.45, 2.75) is 75.4 Å². The number of carbonyl (C=O) groups excluding carboxylic acids is 4. The first kappa shape index (κ1) is 40.1. The van der Waals surface area contributed by atoms with E-state index in [1.165, 1.54) is 6.33 Å². The summed E-state index contributed by atoms with van der Waals surface area (Å²) >= 11 is 0. The minimum absolute atomic E-state index is 0.107.